The Morgan fingerprint density at radius 3 is 2.29 bits per heavy atom. The van der Waals surface area contributed by atoms with Gasteiger partial charge < -0.3 is 24.5 Å². The molecular weight excluding hydrogens is 626 g/mol. The summed E-state index contributed by atoms with van der Waals surface area (Å²) in [7, 11) is 0. The molecule has 0 bridgehead atoms. The van der Waals surface area contributed by atoms with E-state index in [9.17, 15) is 24.0 Å². The van der Waals surface area contributed by atoms with E-state index >= 15 is 0 Å². The first kappa shape index (κ1) is 38.0. The zero-order chi connectivity index (χ0) is 36.1. The van der Waals surface area contributed by atoms with Crippen LogP contribution in [0.4, 0.5) is 4.79 Å². The first-order chi connectivity index (χ1) is 23.1. The van der Waals surface area contributed by atoms with Crippen LogP contribution in [-0.4, -0.2) is 76.9 Å². The van der Waals surface area contributed by atoms with Gasteiger partial charge in [0.15, 0.2) is 17.2 Å². The molecular formula is C38H55N3O8. The Morgan fingerprint density at radius 2 is 1.71 bits per heavy atom. The van der Waals surface area contributed by atoms with Crippen LogP contribution < -0.4 is 10.1 Å². The first-order valence-corrected chi connectivity index (χ1v) is 18.0. The number of hydrogen-bond donors (Lipinski definition) is 1. The molecule has 1 saturated carbocycles. The summed E-state index contributed by atoms with van der Waals surface area (Å²) in [5.41, 5.74) is 1.80. The number of amides is 2. The molecule has 270 valence electrons. The van der Waals surface area contributed by atoms with Gasteiger partial charge in [-0.1, -0.05) is 46.2 Å². The van der Waals surface area contributed by atoms with Crippen LogP contribution >= 0.6 is 0 Å². The Hall–Kier alpha value is -3.76. The molecule has 0 unspecified atom stereocenters. The van der Waals surface area contributed by atoms with Crippen LogP contribution in [0.3, 0.4) is 0 Å². The van der Waals surface area contributed by atoms with E-state index < -0.39 is 52.6 Å². The Kier molecular flexibility index (Phi) is 12.3. The maximum Gasteiger partial charge on any atom is 0.408 e. The fraction of sp³-hybridized carbons (Fsp3) is 0.684. The van der Waals surface area contributed by atoms with Gasteiger partial charge in [-0.2, -0.15) is 0 Å². The number of Topliss-reactive ketones (excluding diaryl/α,β-unsaturated/α-hetero) is 3. The Bertz CT molecular complexity index is 1430. The molecule has 4 atom stereocenters. The van der Waals surface area contributed by atoms with Crippen LogP contribution in [0.25, 0.3) is 0 Å². The highest BCUT2D eigenvalue weighted by atomic mass is 16.7. The second-order valence-corrected chi connectivity index (χ2v) is 15.1. The van der Waals surface area contributed by atoms with Crippen molar-refractivity contribution in [2.45, 2.75) is 143 Å². The van der Waals surface area contributed by atoms with Gasteiger partial charge in [-0.15, -0.1) is 0 Å². The van der Waals surface area contributed by atoms with E-state index in [-0.39, 0.29) is 37.7 Å². The lowest BCUT2D eigenvalue weighted by Crippen LogP contribution is -2.57. The maximum absolute atomic E-state index is 14.5. The van der Waals surface area contributed by atoms with Crippen LogP contribution in [0.2, 0.25) is 0 Å². The van der Waals surface area contributed by atoms with Crippen molar-refractivity contribution in [3.05, 3.63) is 28.8 Å². The lowest BCUT2D eigenvalue weighted by molar-refractivity contribution is -0.143. The molecule has 0 aromatic heterocycles. The minimum atomic E-state index is -1.00. The van der Waals surface area contributed by atoms with E-state index in [0.717, 1.165) is 48.1 Å². The smallest absolute Gasteiger partial charge is 0.408 e. The number of aryl methyl sites for hydroxylation is 2. The van der Waals surface area contributed by atoms with Crippen LogP contribution in [0.5, 0.6) is 5.75 Å². The minimum absolute atomic E-state index is 0.0659. The number of rotatable bonds is 14. The van der Waals surface area contributed by atoms with Gasteiger partial charge >= 0.3 is 6.09 Å². The summed E-state index contributed by atoms with van der Waals surface area (Å²) < 4.78 is 11.5. The van der Waals surface area contributed by atoms with Crippen LogP contribution in [-0.2, 0) is 28.8 Å². The summed E-state index contributed by atoms with van der Waals surface area (Å²) in [6.45, 7) is 15.6. The van der Waals surface area contributed by atoms with E-state index in [1.54, 1.807) is 6.92 Å². The Labute approximate surface area is 290 Å². The zero-order valence-corrected chi connectivity index (χ0v) is 30.6. The summed E-state index contributed by atoms with van der Waals surface area (Å²) in [4.78, 5) is 74.8. The third-order valence-corrected chi connectivity index (χ3v) is 9.98. The topological polar surface area (TPSA) is 141 Å². The number of likely N-dealkylation sites (tertiary alicyclic amines) is 1. The van der Waals surface area contributed by atoms with Crippen molar-refractivity contribution in [3.63, 3.8) is 0 Å². The second kappa shape index (κ2) is 15.9. The normalized spacial score (nSPS) is 22.0. The average Bonchev–Trinajstić information content (AvgIpc) is 3.80. The largest absolute Gasteiger partial charge is 0.493 e. The summed E-state index contributed by atoms with van der Waals surface area (Å²) in [6.07, 6.45) is 4.16. The molecule has 2 heterocycles. The minimum Gasteiger partial charge on any atom is -0.493 e. The standard InChI is InChI=1S/C38H55N3O8/c1-9-14-25(32(44)30(42)10-2)19-31(43)29-21-38(20-28(40-49-38)26-17-23(4)33(47-11-3)24(5)18-26)22-41(29)35(45)34(37(6,7)8)39-36(46)48-27-15-12-13-16-27/h17-18,25,27,29,34H,9-16,19-22H2,1-8H3,(H,39,46)/t25-,29+,34-,38-/m1/s1. The number of nitrogens with one attached hydrogen (secondary N) is 1. The SMILES string of the molecule is CCC[C@H](CC(=O)[C@@H]1C[C@]2(CC(c3cc(C)c(OCC)c(C)c3)=NO2)CN1C(=O)[C@@H](NC(=O)OC1CCCC1)C(C)(C)C)C(=O)C(=O)CC. The van der Waals surface area contributed by atoms with Crippen molar-refractivity contribution in [2.75, 3.05) is 13.2 Å². The van der Waals surface area contributed by atoms with Crippen LogP contribution in [0.1, 0.15) is 122 Å². The molecule has 11 nitrogen and oxygen atoms in total. The van der Waals surface area contributed by atoms with Crippen molar-refractivity contribution >= 4 is 35.1 Å². The lowest BCUT2D eigenvalue weighted by atomic mass is 9.84. The molecule has 2 fully saturated rings. The predicted octanol–water partition coefficient (Wildman–Crippen LogP) is 6.17. The molecule has 1 saturated heterocycles. The number of hydrogen-bond acceptors (Lipinski definition) is 9. The van der Waals surface area contributed by atoms with Gasteiger partial charge in [-0.25, -0.2) is 4.79 Å². The van der Waals surface area contributed by atoms with Crippen molar-refractivity contribution in [1.82, 2.24) is 10.2 Å². The highest BCUT2D eigenvalue weighted by Crippen LogP contribution is 2.41. The molecule has 2 aliphatic heterocycles. The number of carbonyl (C=O) groups excluding carboxylic acids is 5. The van der Waals surface area contributed by atoms with Gasteiger partial charge in [0.1, 0.15) is 17.9 Å². The van der Waals surface area contributed by atoms with E-state index in [2.05, 4.69) is 10.5 Å². The van der Waals surface area contributed by atoms with E-state index in [0.29, 0.717) is 31.6 Å². The monoisotopic (exact) mass is 681 g/mol. The molecule has 1 N–H and O–H groups in total. The number of ketones is 3. The highest BCUT2D eigenvalue weighted by Gasteiger charge is 2.55. The molecule has 49 heavy (non-hydrogen) atoms. The Morgan fingerprint density at radius 1 is 1.06 bits per heavy atom. The number of benzene rings is 1. The quantitative estimate of drug-likeness (QED) is 0.230. The molecule has 0 radical (unpaired) electrons. The molecule has 1 spiro atoms. The van der Waals surface area contributed by atoms with Gasteiger partial charge in [-0.05, 0) is 81.5 Å². The van der Waals surface area contributed by atoms with E-state index in [4.69, 9.17) is 14.3 Å². The van der Waals surface area contributed by atoms with Gasteiger partial charge in [0.2, 0.25) is 11.7 Å². The van der Waals surface area contributed by atoms with Crippen molar-refractivity contribution in [3.8, 4) is 5.75 Å². The summed E-state index contributed by atoms with van der Waals surface area (Å²) in [5.74, 6) is -1.73. The lowest BCUT2D eigenvalue weighted by Gasteiger charge is -2.35. The molecule has 1 aliphatic carbocycles. The number of oxime groups is 1. The molecule has 4 rings (SSSR count). The number of ether oxygens (including phenoxy) is 2. The number of carbonyl (C=O) groups is 5. The fourth-order valence-corrected chi connectivity index (χ4v) is 7.41. The average molecular weight is 682 g/mol. The van der Waals surface area contributed by atoms with Crippen LogP contribution in [0.15, 0.2) is 17.3 Å². The summed E-state index contributed by atoms with van der Waals surface area (Å²) >= 11 is 0. The van der Waals surface area contributed by atoms with Gasteiger partial charge in [-0.3, -0.25) is 19.2 Å². The third kappa shape index (κ3) is 8.89. The molecule has 1 aromatic rings. The second-order valence-electron chi connectivity index (χ2n) is 15.1. The maximum atomic E-state index is 14.5. The molecule has 11 heteroatoms. The van der Waals surface area contributed by atoms with Gasteiger partial charge in [0.05, 0.1) is 24.9 Å². The van der Waals surface area contributed by atoms with Gasteiger partial charge in [0.25, 0.3) is 0 Å². The summed E-state index contributed by atoms with van der Waals surface area (Å²) in [6, 6.07) is 2.06. The van der Waals surface area contributed by atoms with Crippen molar-refractivity contribution < 1.29 is 38.3 Å². The Balaban J connectivity index is 1.63. The van der Waals surface area contributed by atoms with Crippen LogP contribution in [0, 0.1) is 25.2 Å². The fourth-order valence-electron chi connectivity index (χ4n) is 7.41. The molecule has 3 aliphatic rings. The highest BCUT2D eigenvalue weighted by molar-refractivity contribution is 6.38. The number of alkyl carbamates (subject to hydrolysis) is 1. The van der Waals surface area contributed by atoms with Crippen molar-refractivity contribution in [1.29, 1.82) is 0 Å². The van der Waals surface area contributed by atoms with E-state index in [1.807, 2.05) is 60.6 Å². The molecule has 2 amide bonds. The zero-order valence-electron chi connectivity index (χ0n) is 30.6. The summed E-state index contributed by atoms with van der Waals surface area (Å²) in [5, 5.41) is 7.30. The predicted molar refractivity (Wildman–Crippen MR) is 186 cm³/mol. The van der Waals surface area contributed by atoms with Gasteiger partial charge in [0, 0.05) is 37.2 Å². The third-order valence-electron chi connectivity index (χ3n) is 9.98. The first-order valence-electron chi connectivity index (χ1n) is 18.0. The molecule has 1 aromatic carbocycles. The number of nitrogens with zero attached hydrogens (tertiary/aromatic N) is 2. The van der Waals surface area contributed by atoms with Crippen molar-refractivity contribution in [2.24, 2.45) is 16.5 Å². The van der Waals surface area contributed by atoms with E-state index in [1.165, 1.54) is 4.90 Å².